The summed E-state index contributed by atoms with van der Waals surface area (Å²) in [4.78, 5) is 11.9. The SMILES string of the molecule is Cc1ccc(OCC(=O)NCCNS(=O)(=O)c2ccccc2)cc1C. The minimum atomic E-state index is -3.55. The van der Waals surface area contributed by atoms with Crippen LogP contribution in [0.3, 0.4) is 0 Å². The van der Waals surface area contributed by atoms with Gasteiger partial charge in [0.15, 0.2) is 6.61 Å². The second-order valence-corrected chi connectivity index (χ2v) is 7.36. The molecule has 0 heterocycles. The summed E-state index contributed by atoms with van der Waals surface area (Å²) >= 11 is 0. The van der Waals surface area contributed by atoms with Crippen molar-refractivity contribution in [3.63, 3.8) is 0 Å². The molecule has 0 aliphatic heterocycles. The predicted molar refractivity (Wildman–Crippen MR) is 96.1 cm³/mol. The second kappa shape index (κ2) is 8.64. The van der Waals surface area contributed by atoms with Gasteiger partial charge < -0.3 is 10.1 Å². The van der Waals surface area contributed by atoms with E-state index in [0.717, 1.165) is 11.1 Å². The summed E-state index contributed by atoms with van der Waals surface area (Å²) in [5, 5.41) is 2.61. The lowest BCUT2D eigenvalue weighted by Gasteiger charge is -2.10. The van der Waals surface area contributed by atoms with E-state index in [-0.39, 0.29) is 30.5 Å². The van der Waals surface area contributed by atoms with Gasteiger partial charge >= 0.3 is 0 Å². The Morgan fingerprint density at radius 3 is 2.40 bits per heavy atom. The Morgan fingerprint density at radius 1 is 1.00 bits per heavy atom. The van der Waals surface area contributed by atoms with Crippen LogP contribution >= 0.6 is 0 Å². The second-order valence-electron chi connectivity index (χ2n) is 5.60. The lowest BCUT2D eigenvalue weighted by molar-refractivity contribution is -0.123. The molecule has 0 radical (unpaired) electrons. The van der Waals surface area contributed by atoms with E-state index in [1.54, 1.807) is 18.2 Å². The van der Waals surface area contributed by atoms with Crippen LogP contribution in [0.1, 0.15) is 11.1 Å². The molecule has 0 saturated heterocycles. The van der Waals surface area contributed by atoms with Crippen LogP contribution in [0.5, 0.6) is 5.75 Å². The lowest BCUT2D eigenvalue weighted by atomic mass is 10.1. The van der Waals surface area contributed by atoms with Crippen LogP contribution in [0, 0.1) is 13.8 Å². The van der Waals surface area contributed by atoms with E-state index in [4.69, 9.17) is 4.74 Å². The van der Waals surface area contributed by atoms with Gasteiger partial charge in [-0.3, -0.25) is 4.79 Å². The molecule has 0 bridgehead atoms. The highest BCUT2D eigenvalue weighted by Gasteiger charge is 2.12. The van der Waals surface area contributed by atoms with Crippen LogP contribution in [0.15, 0.2) is 53.4 Å². The van der Waals surface area contributed by atoms with E-state index in [9.17, 15) is 13.2 Å². The molecule has 0 atom stereocenters. The van der Waals surface area contributed by atoms with Gasteiger partial charge in [-0.15, -0.1) is 0 Å². The van der Waals surface area contributed by atoms with Gasteiger partial charge in [0.25, 0.3) is 5.91 Å². The number of sulfonamides is 1. The maximum Gasteiger partial charge on any atom is 0.257 e. The summed E-state index contributed by atoms with van der Waals surface area (Å²) in [5.41, 5.74) is 2.25. The maximum atomic E-state index is 12.0. The minimum Gasteiger partial charge on any atom is -0.484 e. The molecule has 2 aromatic rings. The molecule has 0 saturated carbocycles. The Labute approximate surface area is 148 Å². The lowest BCUT2D eigenvalue weighted by Crippen LogP contribution is -2.36. The standard InChI is InChI=1S/C18H22N2O4S/c1-14-8-9-16(12-15(14)2)24-13-18(21)19-10-11-20-25(22,23)17-6-4-3-5-7-17/h3-9,12,20H,10-11,13H2,1-2H3,(H,19,21). The molecule has 0 aromatic heterocycles. The zero-order valence-corrected chi connectivity index (χ0v) is 15.1. The van der Waals surface area contributed by atoms with Crippen LogP contribution in [0.2, 0.25) is 0 Å². The van der Waals surface area contributed by atoms with Crippen molar-refractivity contribution >= 4 is 15.9 Å². The molecule has 2 rings (SSSR count). The minimum absolute atomic E-state index is 0.104. The molecule has 6 nitrogen and oxygen atoms in total. The topological polar surface area (TPSA) is 84.5 Å². The largest absolute Gasteiger partial charge is 0.484 e. The fourth-order valence-electron chi connectivity index (χ4n) is 2.07. The van der Waals surface area contributed by atoms with E-state index in [1.165, 1.54) is 12.1 Å². The van der Waals surface area contributed by atoms with E-state index in [2.05, 4.69) is 10.0 Å². The van der Waals surface area contributed by atoms with Crippen molar-refractivity contribution in [2.75, 3.05) is 19.7 Å². The number of rotatable bonds is 8. The molecular formula is C18H22N2O4S. The van der Waals surface area contributed by atoms with Gasteiger partial charge in [0.2, 0.25) is 10.0 Å². The molecule has 0 spiro atoms. The van der Waals surface area contributed by atoms with Gasteiger partial charge in [0.05, 0.1) is 4.90 Å². The average Bonchev–Trinajstić information content (AvgIpc) is 2.60. The number of ether oxygens (including phenoxy) is 1. The molecule has 0 aliphatic rings. The Balaban J connectivity index is 1.71. The molecule has 2 aromatic carbocycles. The fraction of sp³-hybridized carbons (Fsp3) is 0.278. The third-order valence-corrected chi connectivity index (χ3v) is 5.12. The van der Waals surface area contributed by atoms with Crippen molar-refractivity contribution < 1.29 is 17.9 Å². The number of benzene rings is 2. The molecular weight excluding hydrogens is 340 g/mol. The molecule has 2 N–H and O–H groups in total. The van der Waals surface area contributed by atoms with Gasteiger partial charge in [-0.05, 0) is 49.2 Å². The highest BCUT2D eigenvalue weighted by Crippen LogP contribution is 2.16. The van der Waals surface area contributed by atoms with Crippen molar-refractivity contribution in [2.45, 2.75) is 18.7 Å². The zero-order valence-electron chi connectivity index (χ0n) is 14.3. The number of carbonyl (C=O) groups excluding carboxylic acids is 1. The number of amides is 1. The Morgan fingerprint density at radius 2 is 1.72 bits per heavy atom. The summed E-state index contributed by atoms with van der Waals surface area (Å²) in [6, 6.07) is 13.7. The van der Waals surface area contributed by atoms with Gasteiger partial charge in [-0.2, -0.15) is 0 Å². The monoisotopic (exact) mass is 362 g/mol. The third kappa shape index (κ3) is 5.88. The average molecular weight is 362 g/mol. The molecule has 0 fully saturated rings. The smallest absolute Gasteiger partial charge is 0.257 e. The van der Waals surface area contributed by atoms with E-state index in [0.29, 0.717) is 5.75 Å². The van der Waals surface area contributed by atoms with E-state index < -0.39 is 10.0 Å². The van der Waals surface area contributed by atoms with Crippen molar-refractivity contribution in [1.82, 2.24) is 10.0 Å². The molecule has 7 heteroatoms. The first-order chi connectivity index (χ1) is 11.9. The molecule has 25 heavy (non-hydrogen) atoms. The fourth-order valence-corrected chi connectivity index (χ4v) is 3.13. The first-order valence-electron chi connectivity index (χ1n) is 7.90. The van der Waals surface area contributed by atoms with Gasteiger partial charge in [0.1, 0.15) is 5.75 Å². The van der Waals surface area contributed by atoms with Gasteiger partial charge in [-0.25, -0.2) is 13.1 Å². The summed E-state index contributed by atoms with van der Waals surface area (Å²) in [6.07, 6.45) is 0. The van der Waals surface area contributed by atoms with Crippen molar-refractivity contribution in [3.05, 3.63) is 59.7 Å². The zero-order chi connectivity index (χ0) is 18.3. The number of nitrogens with one attached hydrogen (secondary N) is 2. The predicted octanol–water partition coefficient (Wildman–Crippen LogP) is 1.78. The number of hydrogen-bond donors (Lipinski definition) is 2. The molecule has 134 valence electrons. The van der Waals surface area contributed by atoms with Crippen molar-refractivity contribution in [1.29, 1.82) is 0 Å². The molecule has 0 aliphatic carbocycles. The number of aryl methyl sites for hydroxylation is 2. The summed E-state index contributed by atoms with van der Waals surface area (Å²) in [5.74, 6) is 0.320. The van der Waals surface area contributed by atoms with Crippen LogP contribution in [-0.4, -0.2) is 34.0 Å². The normalized spacial score (nSPS) is 11.1. The highest BCUT2D eigenvalue weighted by molar-refractivity contribution is 7.89. The number of hydrogen-bond acceptors (Lipinski definition) is 4. The van der Waals surface area contributed by atoms with E-state index in [1.807, 2.05) is 32.0 Å². The maximum absolute atomic E-state index is 12.0. The summed E-state index contributed by atoms with van der Waals surface area (Å²) in [6.45, 7) is 4.14. The highest BCUT2D eigenvalue weighted by atomic mass is 32.2. The summed E-state index contributed by atoms with van der Waals surface area (Å²) < 4.78 is 31.9. The van der Waals surface area contributed by atoms with Crippen molar-refractivity contribution in [3.8, 4) is 5.75 Å². The first kappa shape index (κ1) is 19.0. The van der Waals surface area contributed by atoms with Gasteiger partial charge in [0, 0.05) is 13.1 Å². The Bertz CT molecular complexity index is 820. The molecule has 1 amide bonds. The van der Waals surface area contributed by atoms with Crippen LogP contribution < -0.4 is 14.8 Å². The van der Waals surface area contributed by atoms with E-state index >= 15 is 0 Å². The summed E-state index contributed by atoms with van der Waals surface area (Å²) in [7, 11) is -3.55. The Kier molecular flexibility index (Phi) is 6.55. The Hall–Kier alpha value is -2.38. The number of carbonyl (C=O) groups is 1. The van der Waals surface area contributed by atoms with Crippen LogP contribution in [0.25, 0.3) is 0 Å². The van der Waals surface area contributed by atoms with Crippen LogP contribution in [-0.2, 0) is 14.8 Å². The first-order valence-corrected chi connectivity index (χ1v) is 9.38. The van der Waals surface area contributed by atoms with Crippen molar-refractivity contribution in [2.24, 2.45) is 0 Å². The third-order valence-electron chi connectivity index (χ3n) is 3.64. The van der Waals surface area contributed by atoms with Gasteiger partial charge in [-0.1, -0.05) is 24.3 Å². The van der Waals surface area contributed by atoms with Crippen LogP contribution in [0.4, 0.5) is 0 Å². The quantitative estimate of drug-likeness (QED) is 0.701. The molecule has 0 unspecified atom stereocenters.